The fraction of sp³-hybridized carbons (Fsp3) is 0.659. The number of benzene rings is 2. The molecule has 13 heteroatoms. The number of amides is 1. The van der Waals surface area contributed by atoms with Crippen molar-refractivity contribution in [2.75, 3.05) is 90.9 Å². The van der Waals surface area contributed by atoms with Gasteiger partial charge in [0, 0.05) is 82.1 Å². The fourth-order valence-corrected chi connectivity index (χ4v) is 12.5. The number of sulfonamides is 1. The molecule has 0 unspecified atom stereocenters. The van der Waals surface area contributed by atoms with Crippen molar-refractivity contribution in [1.82, 2.24) is 14.5 Å². The van der Waals surface area contributed by atoms with E-state index in [0.29, 0.717) is 49.5 Å². The lowest BCUT2D eigenvalue weighted by molar-refractivity contribution is -0.119. The minimum Gasteiger partial charge on any atom is -0.490 e. The lowest BCUT2D eigenvalue weighted by Crippen LogP contribution is -2.61. The second-order valence-electron chi connectivity index (χ2n) is 17.5. The zero-order valence-corrected chi connectivity index (χ0v) is 35.5. The van der Waals surface area contributed by atoms with E-state index in [1.54, 1.807) is 13.2 Å². The predicted octanol–water partition coefficient (Wildman–Crippen LogP) is 5.69. The van der Waals surface area contributed by atoms with Crippen molar-refractivity contribution >= 4 is 33.2 Å². The SMILES string of the molecule is CCO[C@]1(CN2CCN(C3COC3)CC2)/C=C\C[C@H](C)[C@@H](CCOC)S(=O)(=O)NC(=O)c2ccc3c(c2)N(C[C@@H]2CC[C@H]21)C[C@@]1(CCCc2cc(Cl)ccc21)CO3. The Kier molecular flexibility index (Phi) is 12.3. The molecule has 0 aromatic heterocycles. The average Bonchev–Trinajstić information content (AvgIpc) is 3.29. The number of hydrogen-bond acceptors (Lipinski definition) is 10. The quantitative estimate of drug-likeness (QED) is 0.334. The Hall–Kier alpha value is -2.71. The Morgan fingerprint density at radius 1 is 1.07 bits per heavy atom. The number of carbonyl (C=O) groups is 1. The van der Waals surface area contributed by atoms with Gasteiger partial charge in [0.2, 0.25) is 10.0 Å². The monoisotopic (exact) mass is 824 g/mol. The number of rotatable bonds is 8. The molecule has 2 aliphatic carbocycles. The van der Waals surface area contributed by atoms with E-state index in [9.17, 15) is 13.2 Å². The summed E-state index contributed by atoms with van der Waals surface area (Å²) in [6.07, 6.45) is 10.3. The summed E-state index contributed by atoms with van der Waals surface area (Å²) in [7, 11) is -2.50. The molecule has 4 heterocycles. The first-order chi connectivity index (χ1) is 27.5. The van der Waals surface area contributed by atoms with Crippen molar-refractivity contribution < 1.29 is 32.2 Å². The highest BCUT2D eigenvalue weighted by Crippen LogP contribution is 2.49. The second kappa shape index (κ2) is 17.1. The third-order valence-corrected chi connectivity index (χ3v) is 16.2. The van der Waals surface area contributed by atoms with Crippen LogP contribution in [-0.2, 0) is 36.1 Å². The van der Waals surface area contributed by atoms with Crippen LogP contribution < -0.4 is 14.4 Å². The Balaban J connectivity index is 1.19. The third-order valence-electron chi connectivity index (χ3n) is 14.0. The Morgan fingerprint density at radius 2 is 1.89 bits per heavy atom. The first-order valence-corrected chi connectivity index (χ1v) is 23.2. The van der Waals surface area contributed by atoms with Crippen molar-refractivity contribution in [3.63, 3.8) is 0 Å². The van der Waals surface area contributed by atoms with Crippen molar-refractivity contribution in [3.8, 4) is 5.75 Å². The van der Waals surface area contributed by atoms with Crippen molar-refractivity contribution in [2.24, 2.45) is 17.8 Å². The number of piperazine rings is 1. The maximum Gasteiger partial charge on any atom is 0.264 e. The maximum atomic E-state index is 14.1. The number of ether oxygens (including phenoxy) is 4. The molecule has 2 bridgehead atoms. The van der Waals surface area contributed by atoms with Crippen molar-refractivity contribution in [1.29, 1.82) is 0 Å². The molecule has 6 atom stereocenters. The van der Waals surface area contributed by atoms with Crippen LogP contribution >= 0.6 is 11.6 Å². The summed E-state index contributed by atoms with van der Waals surface area (Å²) in [5, 5.41) is -0.0879. The highest BCUT2D eigenvalue weighted by atomic mass is 35.5. The summed E-state index contributed by atoms with van der Waals surface area (Å²) < 4.78 is 55.4. The van der Waals surface area contributed by atoms with Crippen LogP contribution in [0, 0.1) is 17.8 Å². The van der Waals surface area contributed by atoms with Gasteiger partial charge < -0.3 is 23.8 Å². The predicted molar refractivity (Wildman–Crippen MR) is 223 cm³/mol. The highest BCUT2D eigenvalue weighted by molar-refractivity contribution is 7.90. The zero-order chi connectivity index (χ0) is 39.8. The van der Waals surface area contributed by atoms with Gasteiger partial charge in [-0.2, -0.15) is 0 Å². The normalized spacial score (nSPS) is 32.8. The number of carbonyl (C=O) groups excluding carboxylic acids is 1. The molecular formula is C44H61ClN4O7S. The lowest BCUT2D eigenvalue weighted by Gasteiger charge is -2.53. The number of aryl methyl sites for hydroxylation is 1. The highest BCUT2D eigenvalue weighted by Gasteiger charge is 2.50. The van der Waals surface area contributed by atoms with E-state index in [-0.39, 0.29) is 30.3 Å². The summed E-state index contributed by atoms with van der Waals surface area (Å²) in [6, 6.07) is 12.2. The van der Waals surface area contributed by atoms with Gasteiger partial charge in [-0.3, -0.25) is 14.6 Å². The number of anilines is 1. The number of halogens is 1. The molecule has 3 fully saturated rings. The molecular weight excluding hydrogens is 764 g/mol. The molecule has 1 saturated carbocycles. The Labute approximate surface area is 344 Å². The minimum atomic E-state index is -4.07. The average molecular weight is 826 g/mol. The summed E-state index contributed by atoms with van der Waals surface area (Å²) in [5.41, 5.74) is 2.84. The summed E-state index contributed by atoms with van der Waals surface area (Å²) in [4.78, 5) is 21.5. The van der Waals surface area contributed by atoms with Crippen molar-refractivity contribution in [2.45, 2.75) is 81.1 Å². The number of allylic oxidation sites excluding steroid dienone is 1. The third kappa shape index (κ3) is 8.39. The van der Waals surface area contributed by atoms with Crippen LogP contribution in [-0.4, -0.2) is 127 Å². The molecule has 1 spiro atoms. The van der Waals surface area contributed by atoms with Crippen LogP contribution in [0.3, 0.4) is 0 Å². The van der Waals surface area contributed by atoms with Gasteiger partial charge in [0.05, 0.1) is 36.8 Å². The molecule has 1 N–H and O–H groups in total. The topological polar surface area (TPSA) is 110 Å². The van der Waals surface area contributed by atoms with Crippen LogP contribution in [0.2, 0.25) is 5.02 Å². The van der Waals surface area contributed by atoms with Crippen LogP contribution in [0.1, 0.15) is 73.9 Å². The molecule has 4 aliphatic heterocycles. The number of nitrogens with zero attached hydrogens (tertiary/aromatic N) is 3. The Morgan fingerprint density at radius 3 is 2.61 bits per heavy atom. The van der Waals surface area contributed by atoms with Crippen LogP contribution in [0.25, 0.3) is 0 Å². The van der Waals surface area contributed by atoms with Crippen LogP contribution in [0.5, 0.6) is 5.75 Å². The zero-order valence-electron chi connectivity index (χ0n) is 33.9. The lowest BCUT2D eigenvalue weighted by atomic mass is 9.63. The van der Waals surface area contributed by atoms with Gasteiger partial charge in [-0.05, 0) is 111 Å². The molecule has 11 nitrogen and oxygen atoms in total. The van der Waals surface area contributed by atoms with Crippen LogP contribution in [0.4, 0.5) is 5.69 Å². The van der Waals surface area contributed by atoms with Gasteiger partial charge in [-0.25, -0.2) is 13.1 Å². The summed E-state index contributed by atoms with van der Waals surface area (Å²) >= 11 is 6.54. The number of methoxy groups -OCH3 is 1. The minimum absolute atomic E-state index is 0.246. The van der Waals surface area contributed by atoms with Crippen molar-refractivity contribution in [3.05, 3.63) is 70.3 Å². The van der Waals surface area contributed by atoms with E-state index >= 15 is 0 Å². The molecule has 2 saturated heterocycles. The van der Waals surface area contributed by atoms with Gasteiger partial charge >= 0.3 is 0 Å². The molecule has 1 amide bonds. The molecule has 312 valence electrons. The fourth-order valence-electron chi connectivity index (χ4n) is 10.7. The maximum absolute atomic E-state index is 14.1. The molecule has 0 radical (unpaired) electrons. The van der Waals surface area contributed by atoms with Gasteiger partial charge in [0.15, 0.2) is 0 Å². The largest absolute Gasteiger partial charge is 0.490 e. The van der Waals surface area contributed by atoms with E-state index in [4.69, 9.17) is 30.5 Å². The number of fused-ring (bicyclic) bond motifs is 4. The number of nitrogens with one attached hydrogen (secondary N) is 1. The molecule has 6 aliphatic rings. The molecule has 2 aromatic rings. The molecule has 8 rings (SSSR count). The smallest absolute Gasteiger partial charge is 0.264 e. The van der Waals surface area contributed by atoms with Gasteiger partial charge in [0.25, 0.3) is 5.91 Å². The summed E-state index contributed by atoms with van der Waals surface area (Å²) in [5.74, 6) is 0.369. The standard InChI is InChI=1S/C44H61ClN4O7S/c1-4-56-44(29-47-18-20-48(21-19-47)36-26-54-27-36)17-5-7-31(2)41(15-22-53-3)57(51,52)46-42(50)33-10-14-40-39(24-33)49(25-34-9-12-38(34)44)28-43(30-55-40)16-6-8-32-23-35(45)11-13-37(32)43/h5,10-11,13-14,17,23-24,31,34,36,38,41H,4,6-9,12,15-16,18-22,25-30H2,1-3H3,(H,46,50)/b17-5-/t31-,34-,38+,41+,43-,44-/m0/s1. The van der Waals surface area contributed by atoms with E-state index in [2.05, 4.69) is 50.6 Å². The van der Waals surface area contributed by atoms with Crippen LogP contribution in [0.15, 0.2) is 48.6 Å². The van der Waals surface area contributed by atoms with E-state index in [0.717, 1.165) is 95.3 Å². The second-order valence-corrected chi connectivity index (χ2v) is 19.9. The Bertz CT molecular complexity index is 1900. The first kappa shape index (κ1) is 41.0. The van der Waals surface area contributed by atoms with Gasteiger partial charge in [0.1, 0.15) is 11.4 Å². The van der Waals surface area contributed by atoms with Gasteiger partial charge in [-0.15, -0.1) is 0 Å². The van der Waals surface area contributed by atoms with E-state index in [1.807, 2.05) is 25.1 Å². The first-order valence-electron chi connectivity index (χ1n) is 21.2. The van der Waals surface area contributed by atoms with E-state index in [1.165, 1.54) is 11.1 Å². The van der Waals surface area contributed by atoms with Gasteiger partial charge in [-0.1, -0.05) is 36.7 Å². The molecule has 57 heavy (non-hydrogen) atoms. The summed E-state index contributed by atoms with van der Waals surface area (Å²) in [6.45, 7) is 13.3. The molecule has 2 aromatic carbocycles. The van der Waals surface area contributed by atoms with E-state index < -0.39 is 26.8 Å². The number of hydrogen-bond donors (Lipinski definition) is 1.